The van der Waals surface area contributed by atoms with Crippen molar-refractivity contribution >= 4 is 11.6 Å². The van der Waals surface area contributed by atoms with E-state index in [9.17, 15) is 23.1 Å². The van der Waals surface area contributed by atoms with E-state index in [1.165, 1.54) is 6.07 Å². The number of nitrogens with one attached hydrogen (secondary N) is 1. The molecule has 0 fully saturated rings. The molecule has 2 N–H and O–H groups in total. The molecule has 0 radical (unpaired) electrons. The Hall–Kier alpha value is -2.50. The van der Waals surface area contributed by atoms with Gasteiger partial charge in [0, 0.05) is 5.69 Å². The van der Waals surface area contributed by atoms with Crippen LogP contribution in [-0.2, 0) is 6.18 Å². The minimum Gasteiger partial charge on any atom is -0.507 e. The number of carbonyl (C=O) groups is 1. The van der Waals surface area contributed by atoms with Crippen molar-refractivity contribution in [3.05, 3.63) is 59.7 Å². The first-order chi connectivity index (χ1) is 9.39. The van der Waals surface area contributed by atoms with Crippen LogP contribution in [0.5, 0.6) is 5.75 Å². The molecular formula is C14H10F3NO2. The SMILES string of the molecule is O=C(Nc1ccccc1)c1cccc(O)c1C(F)(F)F. The van der Waals surface area contributed by atoms with Gasteiger partial charge >= 0.3 is 6.18 Å². The standard InChI is InChI=1S/C14H10F3NO2/c15-14(16,17)12-10(7-4-8-11(12)19)13(20)18-9-5-2-1-3-6-9/h1-8,19H,(H,18,20). The number of benzene rings is 2. The van der Waals surface area contributed by atoms with Crippen LogP contribution in [0.1, 0.15) is 15.9 Å². The molecule has 3 nitrogen and oxygen atoms in total. The van der Waals surface area contributed by atoms with E-state index in [0.29, 0.717) is 5.69 Å². The number of alkyl halides is 3. The number of aromatic hydroxyl groups is 1. The molecule has 0 unspecified atom stereocenters. The zero-order chi connectivity index (χ0) is 14.8. The maximum atomic E-state index is 12.9. The summed E-state index contributed by atoms with van der Waals surface area (Å²) in [4.78, 5) is 11.9. The van der Waals surface area contributed by atoms with E-state index < -0.39 is 29.0 Å². The zero-order valence-corrected chi connectivity index (χ0v) is 10.1. The Bertz CT molecular complexity index is 624. The summed E-state index contributed by atoms with van der Waals surface area (Å²) in [6.45, 7) is 0. The van der Waals surface area contributed by atoms with Gasteiger partial charge in [-0.25, -0.2) is 0 Å². The topological polar surface area (TPSA) is 49.3 Å². The van der Waals surface area contributed by atoms with Crippen LogP contribution in [0, 0.1) is 0 Å². The van der Waals surface area contributed by atoms with Gasteiger partial charge < -0.3 is 10.4 Å². The first-order valence-corrected chi connectivity index (χ1v) is 5.65. The van der Waals surface area contributed by atoms with E-state index >= 15 is 0 Å². The normalized spacial score (nSPS) is 11.2. The second kappa shape index (κ2) is 5.24. The monoisotopic (exact) mass is 281 g/mol. The Kier molecular flexibility index (Phi) is 3.65. The van der Waals surface area contributed by atoms with Crippen LogP contribution in [0.3, 0.4) is 0 Å². The van der Waals surface area contributed by atoms with Gasteiger partial charge in [-0.3, -0.25) is 4.79 Å². The smallest absolute Gasteiger partial charge is 0.420 e. The second-order valence-electron chi connectivity index (χ2n) is 4.02. The van der Waals surface area contributed by atoms with Gasteiger partial charge in [-0.05, 0) is 24.3 Å². The molecule has 0 bridgehead atoms. The summed E-state index contributed by atoms with van der Waals surface area (Å²) in [7, 11) is 0. The molecule has 0 aliphatic carbocycles. The fourth-order valence-corrected chi connectivity index (χ4v) is 1.75. The fourth-order valence-electron chi connectivity index (χ4n) is 1.75. The molecule has 0 saturated carbocycles. The number of amides is 1. The molecule has 0 aromatic heterocycles. The van der Waals surface area contributed by atoms with Gasteiger partial charge in [0.25, 0.3) is 5.91 Å². The molecule has 20 heavy (non-hydrogen) atoms. The molecule has 2 aromatic rings. The average molecular weight is 281 g/mol. The van der Waals surface area contributed by atoms with E-state index in [-0.39, 0.29) is 0 Å². The molecule has 0 aliphatic rings. The maximum Gasteiger partial charge on any atom is 0.420 e. The molecule has 2 aromatic carbocycles. The van der Waals surface area contributed by atoms with Crippen molar-refractivity contribution < 1.29 is 23.1 Å². The third-order valence-corrected chi connectivity index (χ3v) is 2.60. The average Bonchev–Trinajstić information content (AvgIpc) is 2.38. The van der Waals surface area contributed by atoms with Crippen molar-refractivity contribution in [1.82, 2.24) is 0 Å². The Morgan fingerprint density at radius 1 is 1.00 bits per heavy atom. The summed E-state index contributed by atoms with van der Waals surface area (Å²) in [6.07, 6.45) is -4.81. The third kappa shape index (κ3) is 2.90. The fraction of sp³-hybridized carbons (Fsp3) is 0.0714. The van der Waals surface area contributed by atoms with Gasteiger partial charge in [0.15, 0.2) is 0 Å². The van der Waals surface area contributed by atoms with Crippen molar-refractivity contribution in [1.29, 1.82) is 0 Å². The van der Waals surface area contributed by atoms with Crippen LogP contribution in [-0.4, -0.2) is 11.0 Å². The molecule has 2 rings (SSSR count). The van der Waals surface area contributed by atoms with E-state index in [1.54, 1.807) is 30.3 Å². The van der Waals surface area contributed by atoms with Crippen LogP contribution in [0.25, 0.3) is 0 Å². The lowest BCUT2D eigenvalue weighted by Gasteiger charge is -2.14. The number of hydrogen-bond donors (Lipinski definition) is 2. The van der Waals surface area contributed by atoms with Gasteiger partial charge in [-0.1, -0.05) is 24.3 Å². The number of carbonyl (C=O) groups excluding carboxylic acids is 1. The van der Waals surface area contributed by atoms with E-state index in [0.717, 1.165) is 12.1 Å². The number of phenols is 1. The number of para-hydroxylation sites is 1. The largest absolute Gasteiger partial charge is 0.507 e. The molecule has 0 heterocycles. The summed E-state index contributed by atoms with van der Waals surface area (Å²) in [5.74, 6) is -1.90. The van der Waals surface area contributed by atoms with Crippen molar-refractivity contribution in [2.75, 3.05) is 5.32 Å². The first kappa shape index (κ1) is 13.9. The van der Waals surface area contributed by atoms with Crippen LogP contribution < -0.4 is 5.32 Å². The summed E-state index contributed by atoms with van der Waals surface area (Å²) >= 11 is 0. The van der Waals surface area contributed by atoms with Crippen molar-refractivity contribution in [3.63, 3.8) is 0 Å². The minimum absolute atomic E-state index is 0.369. The summed E-state index contributed by atoms with van der Waals surface area (Å²) in [6, 6.07) is 11.2. The lowest BCUT2D eigenvalue weighted by Crippen LogP contribution is -2.18. The molecule has 0 saturated heterocycles. The molecule has 0 spiro atoms. The first-order valence-electron chi connectivity index (χ1n) is 5.65. The Balaban J connectivity index is 2.38. The van der Waals surface area contributed by atoms with Gasteiger partial charge in [0.2, 0.25) is 0 Å². The molecule has 0 atom stereocenters. The Morgan fingerprint density at radius 2 is 1.65 bits per heavy atom. The number of hydrogen-bond acceptors (Lipinski definition) is 2. The van der Waals surface area contributed by atoms with Crippen LogP contribution >= 0.6 is 0 Å². The number of halogens is 3. The highest BCUT2D eigenvalue weighted by Gasteiger charge is 2.38. The van der Waals surface area contributed by atoms with Crippen LogP contribution in [0.15, 0.2) is 48.5 Å². The molecule has 1 amide bonds. The van der Waals surface area contributed by atoms with Gasteiger partial charge in [-0.15, -0.1) is 0 Å². The molecule has 0 aliphatic heterocycles. The summed E-state index contributed by atoms with van der Waals surface area (Å²) < 4.78 is 38.6. The highest BCUT2D eigenvalue weighted by Crippen LogP contribution is 2.38. The number of rotatable bonds is 2. The summed E-state index contributed by atoms with van der Waals surface area (Å²) in [5.41, 5.74) is -1.59. The van der Waals surface area contributed by atoms with E-state index in [1.807, 2.05) is 0 Å². The van der Waals surface area contributed by atoms with Crippen molar-refractivity contribution in [2.45, 2.75) is 6.18 Å². The lowest BCUT2D eigenvalue weighted by molar-refractivity contribution is -0.139. The third-order valence-electron chi connectivity index (χ3n) is 2.60. The number of anilines is 1. The lowest BCUT2D eigenvalue weighted by atomic mass is 10.0. The zero-order valence-electron chi connectivity index (χ0n) is 10.1. The van der Waals surface area contributed by atoms with Gasteiger partial charge in [0.05, 0.1) is 5.56 Å². The van der Waals surface area contributed by atoms with E-state index in [2.05, 4.69) is 5.32 Å². The van der Waals surface area contributed by atoms with Crippen molar-refractivity contribution in [3.8, 4) is 5.75 Å². The number of phenolic OH excluding ortho intramolecular Hbond substituents is 1. The maximum absolute atomic E-state index is 12.9. The van der Waals surface area contributed by atoms with Gasteiger partial charge in [-0.2, -0.15) is 13.2 Å². The highest BCUT2D eigenvalue weighted by molar-refractivity contribution is 6.05. The van der Waals surface area contributed by atoms with Crippen LogP contribution in [0.2, 0.25) is 0 Å². The predicted molar refractivity (Wildman–Crippen MR) is 67.5 cm³/mol. The molecular weight excluding hydrogens is 271 g/mol. The van der Waals surface area contributed by atoms with Crippen LogP contribution in [0.4, 0.5) is 18.9 Å². The quantitative estimate of drug-likeness (QED) is 0.882. The second-order valence-corrected chi connectivity index (χ2v) is 4.02. The molecule has 104 valence electrons. The predicted octanol–water partition coefficient (Wildman–Crippen LogP) is 3.66. The Labute approximate surface area is 112 Å². The van der Waals surface area contributed by atoms with E-state index in [4.69, 9.17) is 0 Å². The van der Waals surface area contributed by atoms with Crippen molar-refractivity contribution in [2.24, 2.45) is 0 Å². The Morgan fingerprint density at radius 3 is 2.25 bits per heavy atom. The molecule has 6 heteroatoms. The highest BCUT2D eigenvalue weighted by atomic mass is 19.4. The minimum atomic E-state index is -4.81. The van der Waals surface area contributed by atoms with Gasteiger partial charge in [0.1, 0.15) is 11.3 Å². The summed E-state index contributed by atoms with van der Waals surface area (Å²) in [5, 5.41) is 11.7.